The number of pyridine rings is 1. The fourth-order valence-electron chi connectivity index (χ4n) is 3.39. The van der Waals surface area contributed by atoms with Crippen LogP contribution in [-0.4, -0.2) is 34.9 Å². The van der Waals surface area contributed by atoms with Crippen LogP contribution < -0.4 is 14.8 Å². The summed E-state index contributed by atoms with van der Waals surface area (Å²) >= 11 is 0. The summed E-state index contributed by atoms with van der Waals surface area (Å²) in [5.74, 6) is 1.44. The standard InChI is InChI=1S/C26H21N5O3/c1-33-22-12-11-18(15-23(22)34-2)14-21(19-8-4-3-5-9-19)26(32)30-25-20(16-27)17-29-31(25)24-10-6-7-13-28-24/h3-15,17H,1-2H3,(H,30,32)/b21-14+. The molecule has 8 nitrogen and oxygen atoms in total. The third-order valence-electron chi connectivity index (χ3n) is 5.04. The molecule has 2 aromatic heterocycles. The van der Waals surface area contributed by atoms with Crippen LogP contribution in [0.5, 0.6) is 11.5 Å². The highest BCUT2D eigenvalue weighted by Gasteiger charge is 2.19. The van der Waals surface area contributed by atoms with E-state index in [-0.39, 0.29) is 11.4 Å². The number of hydrogen-bond donors (Lipinski definition) is 1. The molecular weight excluding hydrogens is 430 g/mol. The predicted octanol–water partition coefficient (Wildman–Crippen LogP) is 4.34. The van der Waals surface area contributed by atoms with Crippen molar-refractivity contribution in [1.82, 2.24) is 14.8 Å². The molecule has 168 valence electrons. The molecule has 0 spiro atoms. The second-order valence-electron chi connectivity index (χ2n) is 7.11. The van der Waals surface area contributed by atoms with Gasteiger partial charge in [-0.15, -0.1) is 0 Å². The lowest BCUT2D eigenvalue weighted by Gasteiger charge is -2.13. The zero-order valence-corrected chi connectivity index (χ0v) is 18.6. The van der Waals surface area contributed by atoms with Crippen molar-refractivity contribution in [2.75, 3.05) is 19.5 Å². The minimum Gasteiger partial charge on any atom is -0.493 e. The number of carbonyl (C=O) groups excluding carboxylic acids is 1. The topological polar surface area (TPSA) is 102 Å². The molecule has 8 heteroatoms. The van der Waals surface area contributed by atoms with E-state index in [1.54, 1.807) is 56.8 Å². The number of carbonyl (C=O) groups is 1. The van der Waals surface area contributed by atoms with Crippen LogP contribution in [0.4, 0.5) is 5.82 Å². The molecule has 0 aliphatic carbocycles. The number of rotatable bonds is 7. The van der Waals surface area contributed by atoms with Gasteiger partial charge in [-0.25, -0.2) is 4.98 Å². The first-order valence-corrected chi connectivity index (χ1v) is 10.3. The van der Waals surface area contributed by atoms with Crippen LogP contribution in [0.1, 0.15) is 16.7 Å². The molecule has 0 saturated carbocycles. The number of ether oxygens (including phenoxy) is 2. The van der Waals surface area contributed by atoms with E-state index in [1.807, 2.05) is 36.4 Å². The Hall–Kier alpha value is -4.90. The Kier molecular flexibility index (Phi) is 6.65. The van der Waals surface area contributed by atoms with Crippen LogP contribution in [-0.2, 0) is 4.79 Å². The van der Waals surface area contributed by atoms with E-state index >= 15 is 0 Å². The monoisotopic (exact) mass is 451 g/mol. The van der Waals surface area contributed by atoms with Gasteiger partial charge in [0.05, 0.1) is 20.4 Å². The van der Waals surface area contributed by atoms with Crippen molar-refractivity contribution in [1.29, 1.82) is 5.26 Å². The van der Waals surface area contributed by atoms with Gasteiger partial charge in [0, 0.05) is 11.8 Å². The number of nitrogens with zero attached hydrogens (tertiary/aromatic N) is 4. The molecule has 2 heterocycles. The molecule has 1 amide bonds. The van der Waals surface area contributed by atoms with Crippen LogP contribution in [0.2, 0.25) is 0 Å². The summed E-state index contributed by atoms with van der Waals surface area (Å²) in [6.45, 7) is 0. The van der Waals surface area contributed by atoms with E-state index in [1.165, 1.54) is 10.9 Å². The Morgan fingerprint density at radius 3 is 2.47 bits per heavy atom. The van der Waals surface area contributed by atoms with Gasteiger partial charge in [0.25, 0.3) is 5.91 Å². The number of anilines is 1. The Balaban J connectivity index is 1.77. The molecule has 2 aromatic carbocycles. The first-order chi connectivity index (χ1) is 16.6. The molecule has 4 aromatic rings. The first-order valence-electron chi connectivity index (χ1n) is 10.3. The molecule has 0 radical (unpaired) electrons. The molecule has 0 unspecified atom stereocenters. The second kappa shape index (κ2) is 10.1. The Bertz CT molecular complexity index is 1370. The van der Waals surface area contributed by atoms with Crippen LogP contribution in [0.15, 0.2) is 79.1 Å². The van der Waals surface area contributed by atoms with Gasteiger partial charge in [-0.05, 0) is 41.5 Å². The van der Waals surface area contributed by atoms with Gasteiger partial charge in [-0.3, -0.25) is 4.79 Å². The molecule has 0 fully saturated rings. The summed E-state index contributed by atoms with van der Waals surface area (Å²) in [4.78, 5) is 17.8. The van der Waals surface area contributed by atoms with E-state index in [0.29, 0.717) is 28.5 Å². The SMILES string of the molecule is COc1ccc(/C=C(/C(=O)Nc2c(C#N)cnn2-c2ccccn2)c2ccccc2)cc1OC. The highest BCUT2D eigenvalue weighted by atomic mass is 16.5. The average molecular weight is 451 g/mol. The maximum atomic E-state index is 13.5. The molecule has 0 saturated heterocycles. The highest BCUT2D eigenvalue weighted by Crippen LogP contribution is 2.30. The number of nitrogens with one attached hydrogen (secondary N) is 1. The van der Waals surface area contributed by atoms with Crippen molar-refractivity contribution in [2.24, 2.45) is 0 Å². The lowest BCUT2D eigenvalue weighted by atomic mass is 10.0. The zero-order chi connectivity index (χ0) is 23.9. The molecule has 34 heavy (non-hydrogen) atoms. The minimum absolute atomic E-state index is 0.220. The highest BCUT2D eigenvalue weighted by molar-refractivity contribution is 6.29. The Morgan fingerprint density at radius 2 is 1.79 bits per heavy atom. The van der Waals surface area contributed by atoms with Crippen LogP contribution >= 0.6 is 0 Å². The summed E-state index contributed by atoms with van der Waals surface area (Å²) in [6, 6.07) is 22.0. The molecule has 0 bridgehead atoms. The van der Waals surface area contributed by atoms with Crippen molar-refractivity contribution in [3.63, 3.8) is 0 Å². The van der Waals surface area contributed by atoms with Gasteiger partial charge < -0.3 is 14.8 Å². The van der Waals surface area contributed by atoms with Crippen molar-refractivity contribution in [3.8, 4) is 23.4 Å². The predicted molar refractivity (Wildman–Crippen MR) is 129 cm³/mol. The number of methoxy groups -OCH3 is 2. The van der Waals surface area contributed by atoms with E-state index in [9.17, 15) is 10.1 Å². The average Bonchev–Trinajstić information content (AvgIpc) is 3.30. The molecule has 0 aliphatic rings. The number of aromatic nitrogens is 3. The number of hydrogen-bond acceptors (Lipinski definition) is 6. The van der Waals surface area contributed by atoms with Crippen LogP contribution in [0.3, 0.4) is 0 Å². The van der Waals surface area contributed by atoms with Gasteiger partial charge >= 0.3 is 0 Å². The summed E-state index contributed by atoms with van der Waals surface area (Å²) in [5, 5.41) is 16.7. The molecule has 1 N–H and O–H groups in total. The molecule has 0 aliphatic heterocycles. The van der Waals surface area contributed by atoms with Crippen LogP contribution in [0, 0.1) is 11.3 Å². The summed E-state index contributed by atoms with van der Waals surface area (Å²) in [7, 11) is 3.12. The zero-order valence-electron chi connectivity index (χ0n) is 18.6. The number of nitriles is 1. The fraction of sp³-hybridized carbons (Fsp3) is 0.0769. The smallest absolute Gasteiger partial charge is 0.257 e. The first kappa shape index (κ1) is 22.3. The van der Waals surface area contributed by atoms with E-state index in [4.69, 9.17) is 9.47 Å². The minimum atomic E-state index is -0.407. The lowest BCUT2D eigenvalue weighted by molar-refractivity contribution is -0.111. The normalized spacial score (nSPS) is 10.9. The third-order valence-corrected chi connectivity index (χ3v) is 5.04. The van der Waals surface area contributed by atoms with Crippen molar-refractivity contribution in [2.45, 2.75) is 0 Å². The maximum Gasteiger partial charge on any atom is 0.257 e. The van der Waals surface area contributed by atoms with E-state index in [2.05, 4.69) is 21.5 Å². The summed E-state index contributed by atoms with van der Waals surface area (Å²) < 4.78 is 12.1. The quantitative estimate of drug-likeness (QED) is 0.331. The van der Waals surface area contributed by atoms with Gasteiger partial charge in [0.2, 0.25) is 0 Å². The third kappa shape index (κ3) is 4.64. The summed E-state index contributed by atoms with van der Waals surface area (Å²) in [5.41, 5.74) is 2.06. The lowest BCUT2D eigenvalue weighted by Crippen LogP contribution is -2.17. The Labute approximate surface area is 196 Å². The molecular formula is C26H21N5O3. The molecule has 4 rings (SSSR count). The van der Waals surface area contributed by atoms with Crippen molar-refractivity contribution < 1.29 is 14.3 Å². The fourth-order valence-corrected chi connectivity index (χ4v) is 3.39. The van der Waals surface area contributed by atoms with Crippen molar-refractivity contribution in [3.05, 3.63) is 95.8 Å². The van der Waals surface area contributed by atoms with E-state index in [0.717, 1.165) is 5.56 Å². The Morgan fingerprint density at radius 1 is 1.03 bits per heavy atom. The largest absolute Gasteiger partial charge is 0.493 e. The van der Waals surface area contributed by atoms with Crippen molar-refractivity contribution >= 4 is 23.4 Å². The van der Waals surface area contributed by atoms with Gasteiger partial charge in [-0.1, -0.05) is 42.5 Å². The number of benzene rings is 2. The molecule has 0 atom stereocenters. The summed E-state index contributed by atoms with van der Waals surface area (Å²) in [6.07, 6.45) is 4.76. The van der Waals surface area contributed by atoms with Crippen LogP contribution in [0.25, 0.3) is 17.5 Å². The van der Waals surface area contributed by atoms with Gasteiger partial charge in [0.15, 0.2) is 23.1 Å². The van der Waals surface area contributed by atoms with Gasteiger partial charge in [-0.2, -0.15) is 15.0 Å². The van der Waals surface area contributed by atoms with E-state index < -0.39 is 5.91 Å². The second-order valence-corrected chi connectivity index (χ2v) is 7.11. The maximum absolute atomic E-state index is 13.5. The van der Waals surface area contributed by atoms with Gasteiger partial charge in [0.1, 0.15) is 11.6 Å². The number of amides is 1.